The normalized spacial score (nSPS) is 11.5. The van der Waals surface area contributed by atoms with Crippen molar-refractivity contribution >= 4 is 21.4 Å². The topological polar surface area (TPSA) is 78.3 Å². The number of hydrogen-bond acceptors (Lipinski definition) is 5. The number of sulfone groups is 1. The maximum absolute atomic E-state index is 12.7. The largest absolute Gasteiger partial charge is 0.362 e. The van der Waals surface area contributed by atoms with Crippen LogP contribution >= 0.6 is 11.6 Å². The lowest BCUT2D eigenvalue weighted by Crippen LogP contribution is -2.17. The van der Waals surface area contributed by atoms with Gasteiger partial charge in [0.15, 0.2) is 9.84 Å². The van der Waals surface area contributed by atoms with Crippen molar-refractivity contribution in [2.75, 3.05) is 13.4 Å². The molecule has 27 heavy (non-hydrogen) atoms. The molecule has 0 radical (unpaired) electrons. The summed E-state index contributed by atoms with van der Waals surface area (Å²) in [5, 5.41) is 4.73. The van der Waals surface area contributed by atoms with Crippen molar-refractivity contribution in [1.82, 2.24) is 9.78 Å². The van der Waals surface area contributed by atoms with Gasteiger partial charge in [0.25, 0.3) is 0 Å². The molecule has 0 aliphatic rings. The van der Waals surface area contributed by atoms with Gasteiger partial charge in [0.1, 0.15) is 6.73 Å². The first-order valence-corrected chi connectivity index (χ1v) is 10.2. The maximum Gasteiger partial charge on any atom is 0.208 e. The predicted octanol–water partition coefficient (Wildman–Crippen LogP) is 3.24. The highest BCUT2D eigenvalue weighted by atomic mass is 35.5. The Kier molecular flexibility index (Phi) is 5.46. The van der Waals surface area contributed by atoms with Crippen molar-refractivity contribution in [2.24, 2.45) is 0 Å². The van der Waals surface area contributed by atoms with Gasteiger partial charge in [-0.1, -0.05) is 35.9 Å². The monoisotopic (exact) mass is 404 g/mol. The number of aromatic nitrogens is 2. The van der Waals surface area contributed by atoms with Crippen molar-refractivity contribution < 1.29 is 13.2 Å². The summed E-state index contributed by atoms with van der Waals surface area (Å²) in [6.07, 6.45) is 2.36. The summed E-state index contributed by atoms with van der Waals surface area (Å²) >= 11 is 5.98. The second-order valence-corrected chi connectivity index (χ2v) is 8.41. The molecule has 2 aromatic carbocycles. The first-order valence-electron chi connectivity index (χ1n) is 7.97. The zero-order valence-corrected chi connectivity index (χ0v) is 16.3. The van der Waals surface area contributed by atoms with Crippen LogP contribution < -0.4 is 5.43 Å². The maximum atomic E-state index is 12.7. The van der Waals surface area contributed by atoms with E-state index < -0.39 is 9.84 Å². The lowest BCUT2D eigenvalue weighted by molar-refractivity contribution is 0.121. The number of halogens is 1. The standard InChI is InChI=1S/C19H17ClN2O4S/c1-26-12-22-19(14-3-7-15(20)8-4-14)18(17(23)11-21-22)13-5-9-16(10-6-13)27(2,24)25/h3-11H,12H2,1-2H3. The van der Waals surface area contributed by atoms with Crippen molar-refractivity contribution in [1.29, 1.82) is 0 Å². The molecule has 8 heteroatoms. The Hall–Kier alpha value is -2.48. The molecule has 0 amide bonds. The molecule has 0 N–H and O–H groups in total. The van der Waals surface area contributed by atoms with E-state index in [0.29, 0.717) is 21.8 Å². The van der Waals surface area contributed by atoms with E-state index in [4.69, 9.17) is 16.3 Å². The molecular formula is C19H17ClN2O4S. The van der Waals surface area contributed by atoms with Crippen LogP contribution in [0.2, 0.25) is 5.02 Å². The van der Waals surface area contributed by atoms with Crippen LogP contribution in [0.5, 0.6) is 0 Å². The zero-order chi connectivity index (χ0) is 19.6. The van der Waals surface area contributed by atoms with E-state index in [0.717, 1.165) is 11.8 Å². The Morgan fingerprint density at radius 1 is 1.04 bits per heavy atom. The number of benzene rings is 2. The van der Waals surface area contributed by atoms with Gasteiger partial charge in [0.2, 0.25) is 5.43 Å². The van der Waals surface area contributed by atoms with Crippen LogP contribution in [0.25, 0.3) is 22.4 Å². The Labute approximate surface area is 161 Å². The summed E-state index contributed by atoms with van der Waals surface area (Å²) in [5.41, 5.74) is 2.02. The predicted molar refractivity (Wildman–Crippen MR) is 104 cm³/mol. The van der Waals surface area contributed by atoms with Crippen LogP contribution in [0.4, 0.5) is 0 Å². The third-order valence-electron chi connectivity index (χ3n) is 4.00. The summed E-state index contributed by atoms with van der Waals surface area (Å²) in [7, 11) is -1.79. The molecule has 0 aliphatic heterocycles. The fourth-order valence-corrected chi connectivity index (χ4v) is 3.52. The van der Waals surface area contributed by atoms with Gasteiger partial charge in [-0.2, -0.15) is 5.10 Å². The van der Waals surface area contributed by atoms with Gasteiger partial charge in [-0.25, -0.2) is 13.1 Å². The van der Waals surface area contributed by atoms with Gasteiger partial charge in [-0.3, -0.25) is 4.79 Å². The molecule has 0 aliphatic carbocycles. The Balaban J connectivity index is 2.27. The third-order valence-corrected chi connectivity index (χ3v) is 5.38. The van der Waals surface area contributed by atoms with E-state index in [2.05, 4.69) is 5.10 Å². The zero-order valence-electron chi connectivity index (χ0n) is 14.7. The minimum Gasteiger partial charge on any atom is -0.362 e. The molecule has 0 saturated carbocycles. The molecule has 0 unspecified atom stereocenters. The minimum absolute atomic E-state index is 0.145. The lowest BCUT2D eigenvalue weighted by Gasteiger charge is -2.16. The molecular weight excluding hydrogens is 388 g/mol. The highest BCUT2D eigenvalue weighted by Crippen LogP contribution is 2.30. The van der Waals surface area contributed by atoms with E-state index in [1.54, 1.807) is 41.1 Å². The van der Waals surface area contributed by atoms with Crippen molar-refractivity contribution in [2.45, 2.75) is 11.6 Å². The molecule has 0 spiro atoms. The average molecular weight is 405 g/mol. The van der Waals surface area contributed by atoms with E-state index in [-0.39, 0.29) is 17.1 Å². The van der Waals surface area contributed by atoms with Crippen molar-refractivity contribution in [3.63, 3.8) is 0 Å². The molecule has 1 aromatic heterocycles. The van der Waals surface area contributed by atoms with Crippen LogP contribution in [-0.4, -0.2) is 31.6 Å². The second-order valence-electron chi connectivity index (χ2n) is 5.95. The lowest BCUT2D eigenvalue weighted by atomic mass is 9.99. The third kappa shape index (κ3) is 4.10. The summed E-state index contributed by atoms with van der Waals surface area (Å²) in [6.45, 7) is 0.145. The van der Waals surface area contributed by atoms with Gasteiger partial charge >= 0.3 is 0 Å². The van der Waals surface area contributed by atoms with Crippen molar-refractivity contribution in [3.05, 3.63) is 70.0 Å². The van der Waals surface area contributed by atoms with Gasteiger partial charge < -0.3 is 4.74 Å². The molecule has 0 saturated heterocycles. The fourth-order valence-electron chi connectivity index (χ4n) is 2.76. The van der Waals surface area contributed by atoms with Gasteiger partial charge in [0, 0.05) is 24.0 Å². The number of nitrogens with zero attached hydrogens (tertiary/aromatic N) is 2. The molecule has 0 atom stereocenters. The van der Waals surface area contributed by atoms with Crippen LogP contribution in [0.3, 0.4) is 0 Å². The van der Waals surface area contributed by atoms with Gasteiger partial charge in [0.05, 0.1) is 22.3 Å². The highest BCUT2D eigenvalue weighted by molar-refractivity contribution is 7.90. The highest BCUT2D eigenvalue weighted by Gasteiger charge is 2.17. The van der Waals surface area contributed by atoms with E-state index in [1.165, 1.54) is 25.4 Å². The van der Waals surface area contributed by atoms with Crippen LogP contribution in [0, 0.1) is 0 Å². The molecule has 3 rings (SSSR count). The SMILES string of the molecule is COCn1ncc(=O)c(-c2ccc(S(C)(=O)=O)cc2)c1-c1ccc(Cl)cc1. The molecule has 3 aromatic rings. The van der Waals surface area contributed by atoms with Crippen LogP contribution in [0.15, 0.2) is 64.4 Å². The summed E-state index contributed by atoms with van der Waals surface area (Å²) in [6, 6.07) is 13.2. The fraction of sp³-hybridized carbons (Fsp3) is 0.158. The first-order chi connectivity index (χ1) is 12.8. The second kappa shape index (κ2) is 7.64. The van der Waals surface area contributed by atoms with E-state index in [1.807, 2.05) is 0 Å². The summed E-state index contributed by atoms with van der Waals surface area (Å²) in [5.74, 6) is 0. The summed E-state index contributed by atoms with van der Waals surface area (Å²) in [4.78, 5) is 12.8. The van der Waals surface area contributed by atoms with Crippen molar-refractivity contribution in [3.8, 4) is 22.4 Å². The first kappa shape index (κ1) is 19.3. The van der Waals surface area contributed by atoms with Crippen LogP contribution in [-0.2, 0) is 21.3 Å². The number of hydrogen-bond donors (Lipinski definition) is 0. The smallest absolute Gasteiger partial charge is 0.208 e. The minimum atomic E-state index is -3.33. The average Bonchev–Trinajstić information content (AvgIpc) is 2.63. The van der Waals surface area contributed by atoms with Gasteiger partial charge in [-0.05, 0) is 29.8 Å². The van der Waals surface area contributed by atoms with Gasteiger partial charge in [-0.15, -0.1) is 0 Å². The Bertz CT molecular complexity index is 1120. The molecule has 0 fully saturated rings. The number of rotatable bonds is 5. The van der Waals surface area contributed by atoms with E-state index >= 15 is 0 Å². The summed E-state index contributed by atoms with van der Waals surface area (Å²) < 4.78 is 30.2. The number of ether oxygens (including phenoxy) is 1. The Morgan fingerprint density at radius 3 is 2.19 bits per heavy atom. The molecule has 1 heterocycles. The molecule has 140 valence electrons. The number of methoxy groups -OCH3 is 1. The van der Waals surface area contributed by atoms with E-state index in [9.17, 15) is 13.2 Å². The Morgan fingerprint density at radius 2 is 1.63 bits per heavy atom. The molecule has 0 bridgehead atoms. The quantitative estimate of drug-likeness (QED) is 0.652. The van der Waals surface area contributed by atoms with Crippen LogP contribution in [0.1, 0.15) is 0 Å². The molecule has 6 nitrogen and oxygen atoms in total.